The van der Waals surface area contributed by atoms with Crippen molar-refractivity contribution in [1.29, 1.82) is 0 Å². The number of urea groups is 1. The Bertz CT molecular complexity index is 488. The van der Waals surface area contributed by atoms with E-state index >= 15 is 0 Å². The van der Waals surface area contributed by atoms with Crippen molar-refractivity contribution in [2.24, 2.45) is 0 Å². The summed E-state index contributed by atoms with van der Waals surface area (Å²) in [5.41, 5.74) is 0. The summed E-state index contributed by atoms with van der Waals surface area (Å²) in [5, 5.41) is 5.28. The van der Waals surface area contributed by atoms with Gasteiger partial charge in [-0.25, -0.2) is 4.79 Å². The molecule has 1 N–H and O–H groups in total. The van der Waals surface area contributed by atoms with E-state index in [1.807, 2.05) is 4.90 Å². The van der Waals surface area contributed by atoms with Crippen molar-refractivity contribution in [3.8, 4) is 0 Å². The molecule has 0 aliphatic carbocycles. The minimum Gasteiger partial charge on any atom is -0.375 e. The summed E-state index contributed by atoms with van der Waals surface area (Å²) < 4.78 is 5.65. The van der Waals surface area contributed by atoms with Gasteiger partial charge in [0, 0.05) is 24.5 Å². The fourth-order valence-corrected chi connectivity index (χ4v) is 4.25. The van der Waals surface area contributed by atoms with Gasteiger partial charge >= 0.3 is 6.03 Å². The molecule has 3 heterocycles. The maximum absolute atomic E-state index is 12.5. The third-order valence-corrected chi connectivity index (χ3v) is 5.75. The van der Waals surface area contributed by atoms with Crippen LogP contribution in [0.5, 0.6) is 0 Å². The predicted octanol–water partition coefficient (Wildman–Crippen LogP) is 2.71. The number of thiophene rings is 1. The van der Waals surface area contributed by atoms with Gasteiger partial charge in [0.05, 0.1) is 18.8 Å². The zero-order chi connectivity index (χ0) is 16.1. The second-order valence-corrected chi connectivity index (χ2v) is 7.29. The van der Waals surface area contributed by atoms with E-state index in [4.69, 9.17) is 4.74 Å². The van der Waals surface area contributed by atoms with Crippen molar-refractivity contribution in [3.63, 3.8) is 0 Å². The smallest absolute Gasteiger partial charge is 0.317 e. The van der Waals surface area contributed by atoms with E-state index in [2.05, 4.69) is 34.7 Å². The van der Waals surface area contributed by atoms with Gasteiger partial charge in [-0.3, -0.25) is 4.90 Å². The van der Waals surface area contributed by atoms with Crippen molar-refractivity contribution in [1.82, 2.24) is 15.1 Å². The van der Waals surface area contributed by atoms with E-state index in [0.717, 1.165) is 19.5 Å². The van der Waals surface area contributed by atoms with Gasteiger partial charge in [0.15, 0.2) is 0 Å². The number of carbonyl (C=O) groups is 1. The molecule has 3 rings (SSSR count). The highest BCUT2D eigenvalue weighted by Crippen LogP contribution is 2.27. The molecular weight excluding hydrogens is 310 g/mol. The molecule has 5 nitrogen and oxygen atoms in total. The van der Waals surface area contributed by atoms with Crippen LogP contribution < -0.4 is 5.32 Å². The molecule has 1 aromatic heterocycles. The van der Waals surface area contributed by atoms with Crippen molar-refractivity contribution < 1.29 is 9.53 Å². The first-order valence-corrected chi connectivity index (χ1v) is 9.57. The van der Waals surface area contributed by atoms with Crippen molar-refractivity contribution in [3.05, 3.63) is 22.4 Å². The van der Waals surface area contributed by atoms with Gasteiger partial charge in [0.2, 0.25) is 0 Å². The minimum absolute atomic E-state index is 0.0486. The number of likely N-dealkylation sites (tertiary alicyclic amines) is 1. The summed E-state index contributed by atoms with van der Waals surface area (Å²) in [5.74, 6) is 0. The van der Waals surface area contributed by atoms with Crippen LogP contribution in [0.15, 0.2) is 17.5 Å². The third-order valence-electron chi connectivity index (χ3n) is 4.78. The molecule has 128 valence electrons. The van der Waals surface area contributed by atoms with Gasteiger partial charge in [-0.15, -0.1) is 11.3 Å². The van der Waals surface area contributed by atoms with Gasteiger partial charge < -0.3 is 15.0 Å². The average molecular weight is 337 g/mol. The first kappa shape index (κ1) is 16.7. The fraction of sp³-hybridized carbons (Fsp3) is 0.706. The molecule has 0 aromatic carbocycles. The maximum atomic E-state index is 12.5. The molecule has 0 radical (unpaired) electrons. The number of morpholine rings is 1. The molecule has 2 amide bonds. The maximum Gasteiger partial charge on any atom is 0.317 e. The van der Waals surface area contributed by atoms with Gasteiger partial charge in [-0.05, 0) is 43.8 Å². The number of rotatable bonds is 5. The highest BCUT2D eigenvalue weighted by molar-refractivity contribution is 7.10. The van der Waals surface area contributed by atoms with Crippen molar-refractivity contribution >= 4 is 17.4 Å². The lowest BCUT2D eigenvalue weighted by Gasteiger charge is -2.33. The van der Waals surface area contributed by atoms with Crippen LogP contribution in [-0.4, -0.2) is 61.3 Å². The third kappa shape index (κ3) is 4.25. The molecule has 2 aliphatic heterocycles. The number of amides is 2. The minimum atomic E-state index is 0.0486. The number of nitrogens with one attached hydrogen (secondary N) is 1. The Morgan fingerprint density at radius 2 is 2.26 bits per heavy atom. The topological polar surface area (TPSA) is 44.8 Å². The van der Waals surface area contributed by atoms with Crippen molar-refractivity contribution in [2.45, 2.75) is 38.3 Å². The van der Waals surface area contributed by atoms with E-state index in [1.165, 1.54) is 17.7 Å². The van der Waals surface area contributed by atoms with Crippen LogP contribution in [0.3, 0.4) is 0 Å². The highest BCUT2D eigenvalue weighted by atomic mass is 32.1. The molecule has 1 aromatic rings. The van der Waals surface area contributed by atoms with Crippen LogP contribution in [0.2, 0.25) is 0 Å². The number of hydrogen-bond acceptors (Lipinski definition) is 4. The predicted molar refractivity (Wildman–Crippen MR) is 92.9 cm³/mol. The lowest BCUT2D eigenvalue weighted by atomic mass is 10.2. The fourth-order valence-electron chi connectivity index (χ4n) is 3.39. The zero-order valence-corrected chi connectivity index (χ0v) is 14.7. The van der Waals surface area contributed by atoms with Gasteiger partial charge in [0.1, 0.15) is 0 Å². The van der Waals surface area contributed by atoms with E-state index in [0.29, 0.717) is 32.3 Å². The van der Waals surface area contributed by atoms with E-state index in [9.17, 15) is 4.79 Å². The molecule has 2 aliphatic rings. The number of hydrogen-bond donors (Lipinski definition) is 1. The molecule has 0 unspecified atom stereocenters. The van der Waals surface area contributed by atoms with Crippen LogP contribution in [0.25, 0.3) is 0 Å². The van der Waals surface area contributed by atoms with E-state index in [1.54, 1.807) is 11.3 Å². The normalized spacial score (nSPS) is 23.9. The number of nitrogens with zero attached hydrogens (tertiary/aromatic N) is 2. The highest BCUT2D eigenvalue weighted by Gasteiger charge is 2.27. The second-order valence-electron chi connectivity index (χ2n) is 6.31. The van der Waals surface area contributed by atoms with Gasteiger partial charge in [-0.1, -0.05) is 13.0 Å². The average Bonchev–Trinajstić information content (AvgIpc) is 3.29. The molecule has 2 saturated heterocycles. The SMILES string of the molecule is CC[C@H]1CN(C(=O)NC[C@H](c2cccs2)N2CCCC2)CCO1. The Morgan fingerprint density at radius 3 is 2.96 bits per heavy atom. The van der Waals surface area contributed by atoms with Crippen molar-refractivity contribution in [2.75, 3.05) is 39.3 Å². The molecule has 0 spiro atoms. The summed E-state index contributed by atoms with van der Waals surface area (Å²) >= 11 is 1.78. The Kier molecular flexibility index (Phi) is 5.91. The second kappa shape index (κ2) is 8.13. The van der Waals surface area contributed by atoms with Crippen LogP contribution in [0, 0.1) is 0 Å². The Hall–Kier alpha value is -1.11. The Labute approximate surface area is 142 Å². The molecule has 0 bridgehead atoms. The molecule has 23 heavy (non-hydrogen) atoms. The summed E-state index contributed by atoms with van der Waals surface area (Å²) in [6.07, 6.45) is 3.66. The first-order chi connectivity index (χ1) is 11.3. The number of carbonyl (C=O) groups excluding carboxylic acids is 1. The molecular formula is C17H27N3O2S. The zero-order valence-electron chi connectivity index (χ0n) is 13.9. The lowest BCUT2D eigenvalue weighted by molar-refractivity contribution is -0.0155. The van der Waals surface area contributed by atoms with Crippen LogP contribution in [-0.2, 0) is 4.74 Å². The van der Waals surface area contributed by atoms with Crippen LogP contribution in [0.4, 0.5) is 4.79 Å². The quantitative estimate of drug-likeness (QED) is 0.898. The van der Waals surface area contributed by atoms with Crippen LogP contribution >= 0.6 is 11.3 Å². The summed E-state index contributed by atoms with van der Waals surface area (Å²) in [6.45, 7) is 7.10. The Morgan fingerprint density at radius 1 is 1.43 bits per heavy atom. The molecule has 2 fully saturated rings. The van der Waals surface area contributed by atoms with E-state index in [-0.39, 0.29) is 12.1 Å². The summed E-state index contributed by atoms with van der Waals surface area (Å²) in [6, 6.07) is 4.64. The molecule has 6 heteroatoms. The van der Waals surface area contributed by atoms with Gasteiger partial charge in [0.25, 0.3) is 0 Å². The first-order valence-electron chi connectivity index (χ1n) is 8.69. The summed E-state index contributed by atoms with van der Waals surface area (Å²) in [7, 11) is 0. The standard InChI is InChI=1S/C17H27N3O2S/c1-2-14-13-20(9-10-22-14)17(21)18-12-15(16-6-5-11-23-16)19-7-3-4-8-19/h5-6,11,14-15H,2-4,7-10,12-13H2,1H3,(H,18,21)/t14-,15+/m0/s1. The van der Waals surface area contributed by atoms with Crippen LogP contribution in [0.1, 0.15) is 37.1 Å². The molecule has 0 saturated carbocycles. The monoisotopic (exact) mass is 337 g/mol. The summed E-state index contributed by atoms with van der Waals surface area (Å²) in [4.78, 5) is 18.2. The Balaban J connectivity index is 1.56. The lowest BCUT2D eigenvalue weighted by Crippen LogP contribution is -2.50. The largest absolute Gasteiger partial charge is 0.375 e. The number of ether oxygens (including phenoxy) is 1. The van der Waals surface area contributed by atoms with E-state index < -0.39 is 0 Å². The van der Waals surface area contributed by atoms with Gasteiger partial charge in [-0.2, -0.15) is 0 Å². The molecule has 2 atom stereocenters.